The number of carboxylic acid groups (broad SMARTS) is 1. The van der Waals surface area contributed by atoms with Gasteiger partial charge in [-0.1, -0.05) is 36.2 Å². The molecule has 1 aliphatic rings. The standard InChI is InChI=1S/C37H44FN5O5/c1-24-21-25(2)33(26(3)22-24)34(28-11-9-12-31(46-4)35(28)47-5)43(37(44)45)32-15-16-39-36(41-32)40-27-13-14-30(29(38)23-27)48-20-10-19-42-17-7-6-8-18-42/h9,11-16,21-23,34H,6-8,10,17-20H2,1-5H3,(H,44,45)(H,39,40,41). The van der Waals surface area contributed by atoms with Gasteiger partial charge < -0.3 is 29.5 Å². The molecule has 1 atom stereocenters. The maximum atomic E-state index is 15.0. The molecule has 48 heavy (non-hydrogen) atoms. The van der Waals surface area contributed by atoms with E-state index in [9.17, 15) is 9.90 Å². The van der Waals surface area contributed by atoms with Crippen LogP contribution in [0, 0.1) is 26.6 Å². The summed E-state index contributed by atoms with van der Waals surface area (Å²) in [7, 11) is 3.06. The number of hydrogen-bond donors (Lipinski definition) is 2. The number of aromatic nitrogens is 2. The Balaban J connectivity index is 1.43. The van der Waals surface area contributed by atoms with Crippen molar-refractivity contribution >= 4 is 23.5 Å². The number of anilines is 3. The highest BCUT2D eigenvalue weighted by Crippen LogP contribution is 2.43. The lowest BCUT2D eigenvalue weighted by Gasteiger charge is -2.33. The number of nitrogens with zero attached hydrogens (tertiary/aromatic N) is 4. The molecule has 11 heteroatoms. The van der Waals surface area contributed by atoms with Gasteiger partial charge in [0.15, 0.2) is 23.1 Å². The molecule has 0 saturated carbocycles. The molecule has 10 nitrogen and oxygen atoms in total. The summed E-state index contributed by atoms with van der Waals surface area (Å²) in [4.78, 5) is 25.7. The monoisotopic (exact) mass is 657 g/mol. The molecule has 1 saturated heterocycles. The Morgan fingerprint density at radius 3 is 2.42 bits per heavy atom. The number of rotatable bonds is 13. The fourth-order valence-corrected chi connectivity index (χ4v) is 6.54. The van der Waals surface area contributed by atoms with Gasteiger partial charge in [0.05, 0.1) is 26.9 Å². The van der Waals surface area contributed by atoms with Crippen LogP contribution in [0.2, 0.25) is 0 Å². The van der Waals surface area contributed by atoms with Crippen molar-refractivity contribution in [3.63, 3.8) is 0 Å². The molecule has 1 aromatic heterocycles. The maximum Gasteiger partial charge on any atom is 0.413 e. The van der Waals surface area contributed by atoms with Crippen molar-refractivity contribution in [1.29, 1.82) is 0 Å². The number of para-hydroxylation sites is 1. The molecule has 0 aliphatic carbocycles. The van der Waals surface area contributed by atoms with E-state index in [0.717, 1.165) is 48.3 Å². The summed E-state index contributed by atoms with van der Waals surface area (Å²) in [6, 6.07) is 14.6. The van der Waals surface area contributed by atoms with Gasteiger partial charge in [-0.25, -0.2) is 19.1 Å². The third-order valence-corrected chi connectivity index (χ3v) is 8.60. The van der Waals surface area contributed by atoms with Gasteiger partial charge in [-0.3, -0.25) is 0 Å². The highest BCUT2D eigenvalue weighted by Gasteiger charge is 2.34. The van der Waals surface area contributed by atoms with Crippen LogP contribution < -0.4 is 24.4 Å². The van der Waals surface area contributed by atoms with Crippen LogP contribution in [0.5, 0.6) is 17.2 Å². The van der Waals surface area contributed by atoms with Crippen molar-refractivity contribution in [2.75, 3.05) is 50.7 Å². The molecule has 5 rings (SSSR count). The maximum absolute atomic E-state index is 15.0. The van der Waals surface area contributed by atoms with E-state index in [-0.39, 0.29) is 17.5 Å². The molecular weight excluding hydrogens is 613 g/mol. The fraction of sp³-hybridized carbons (Fsp3) is 0.378. The first-order valence-corrected chi connectivity index (χ1v) is 16.3. The summed E-state index contributed by atoms with van der Waals surface area (Å²) >= 11 is 0. The van der Waals surface area contributed by atoms with Gasteiger partial charge in [0.25, 0.3) is 0 Å². The lowest BCUT2D eigenvalue weighted by atomic mass is 9.88. The molecule has 0 spiro atoms. The van der Waals surface area contributed by atoms with Crippen LogP contribution in [0.3, 0.4) is 0 Å². The van der Waals surface area contributed by atoms with Gasteiger partial charge >= 0.3 is 6.09 Å². The van der Waals surface area contributed by atoms with E-state index in [2.05, 4.69) is 20.2 Å². The summed E-state index contributed by atoms with van der Waals surface area (Å²) < 4.78 is 32.1. The van der Waals surface area contributed by atoms with Gasteiger partial charge in [0.1, 0.15) is 5.82 Å². The molecule has 0 radical (unpaired) electrons. The van der Waals surface area contributed by atoms with E-state index in [1.165, 1.54) is 56.7 Å². The van der Waals surface area contributed by atoms with Gasteiger partial charge in [-0.15, -0.1) is 0 Å². The number of likely N-dealkylation sites (tertiary alicyclic amines) is 1. The van der Waals surface area contributed by atoms with E-state index in [4.69, 9.17) is 14.2 Å². The number of nitrogens with one attached hydrogen (secondary N) is 1. The molecule has 2 heterocycles. The molecule has 1 aliphatic heterocycles. The van der Waals surface area contributed by atoms with E-state index in [0.29, 0.717) is 29.4 Å². The first-order valence-electron chi connectivity index (χ1n) is 16.3. The number of amides is 1. The Morgan fingerprint density at radius 2 is 1.75 bits per heavy atom. The average molecular weight is 658 g/mol. The molecule has 2 N–H and O–H groups in total. The first-order chi connectivity index (χ1) is 23.2. The lowest BCUT2D eigenvalue weighted by Crippen LogP contribution is -2.36. The van der Waals surface area contributed by atoms with Gasteiger partial charge in [-0.2, -0.15) is 4.98 Å². The Kier molecular flexibility index (Phi) is 11.3. The van der Waals surface area contributed by atoms with E-state index in [1.54, 1.807) is 24.3 Å². The summed E-state index contributed by atoms with van der Waals surface area (Å²) in [6.07, 6.45) is 4.80. The van der Waals surface area contributed by atoms with Crippen molar-refractivity contribution in [2.24, 2.45) is 0 Å². The number of hydrogen-bond acceptors (Lipinski definition) is 8. The van der Waals surface area contributed by atoms with Gasteiger partial charge in [-0.05, 0) is 94.1 Å². The van der Waals surface area contributed by atoms with Gasteiger partial charge in [0.2, 0.25) is 5.95 Å². The summed E-state index contributed by atoms with van der Waals surface area (Å²) in [6.45, 7) is 9.51. The number of benzene rings is 3. The minimum atomic E-state index is -1.23. The minimum Gasteiger partial charge on any atom is -0.493 e. The van der Waals surface area contributed by atoms with Crippen LogP contribution >= 0.6 is 0 Å². The smallest absolute Gasteiger partial charge is 0.413 e. The first kappa shape index (κ1) is 34.4. The van der Waals surface area contributed by atoms with Crippen LogP contribution in [0.25, 0.3) is 0 Å². The number of aryl methyl sites for hydroxylation is 3. The summed E-state index contributed by atoms with van der Waals surface area (Å²) in [5, 5.41) is 13.8. The lowest BCUT2D eigenvalue weighted by molar-refractivity contribution is 0.199. The average Bonchev–Trinajstić information content (AvgIpc) is 3.06. The molecule has 1 unspecified atom stereocenters. The Labute approximate surface area is 281 Å². The molecule has 1 amide bonds. The van der Waals surface area contributed by atoms with Crippen LogP contribution in [-0.2, 0) is 0 Å². The summed E-state index contributed by atoms with van der Waals surface area (Å²) in [5.74, 6) is 0.744. The fourth-order valence-electron chi connectivity index (χ4n) is 6.54. The molecule has 3 aromatic carbocycles. The predicted octanol–water partition coefficient (Wildman–Crippen LogP) is 7.83. The van der Waals surface area contributed by atoms with Crippen molar-refractivity contribution < 1.29 is 28.5 Å². The van der Waals surface area contributed by atoms with Crippen LogP contribution in [0.1, 0.15) is 59.5 Å². The Hall–Kier alpha value is -4.90. The highest BCUT2D eigenvalue weighted by atomic mass is 19.1. The number of piperidine rings is 1. The zero-order chi connectivity index (χ0) is 34.2. The molecule has 0 bridgehead atoms. The molecule has 4 aromatic rings. The third-order valence-electron chi connectivity index (χ3n) is 8.60. The number of ether oxygens (including phenoxy) is 3. The number of methoxy groups -OCH3 is 2. The molecular formula is C37H44FN5O5. The number of halogens is 1. The van der Waals surface area contributed by atoms with Crippen molar-refractivity contribution in [3.05, 3.63) is 94.4 Å². The SMILES string of the molecule is COc1cccc(C(c2c(C)cc(C)cc2C)N(C(=O)O)c2ccnc(Nc3ccc(OCCCN4CCCCC4)c(F)c3)n2)c1OC. The van der Waals surface area contributed by atoms with Crippen LogP contribution in [-0.4, -0.2) is 66.5 Å². The van der Waals surface area contributed by atoms with Crippen molar-refractivity contribution in [3.8, 4) is 17.2 Å². The van der Waals surface area contributed by atoms with Crippen LogP contribution in [0.15, 0.2) is 60.8 Å². The van der Waals surface area contributed by atoms with Crippen molar-refractivity contribution in [1.82, 2.24) is 14.9 Å². The normalized spacial score (nSPS) is 13.9. The molecule has 254 valence electrons. The second-order valence-corrected chi connectivity index (χ2v) is 12.1. The van der Waals surface area contributed by atoms with Gasteiger partial charge in [0, 0.05) is 30.1 Å². The predicted molar refractivity (Wildman–Crippen MR) is 185 cm³/mol. The van der Waals surface area contributed by atoms with E-state index < -0.39 is 18.0 Å². The third kappa shape index (κ3) is 7.96. The second-order valence-electron chi connectivity index (χ2n) is 12.1. The molecule has 1 fully saturated rings. The quantitative estimate of drug-likeness (QED) is 0.139. The second kappa shape index (κ2) is 15.8. The topological polar surface area (TPSA) is 109 Å². The van der Waals surface area contributed by atoms with E-state index >= 15 is 4.39 Å². The zero-order valence-electron chi connectivity index (χ0n) is 28.3. The zero-order valence-corrected chi connectivity index (χ0v) is 28.3. The van der Waals surface area contributed by atoms with E-state index in [1.807, 2.05) is 39.0 Å². The Bertz CT molecular complexity index is 1710. The Morgan fingerprint density at radius 1 is 1.00 bits per heavy atom. The summed E-state index contributed by atoms with van der Waals surface area (Å²) in [5.41, 5.74) is 4.63. The largest absolute Gasteiger partial charge is 0.493 e. The highest BCUT2D eigenvalue weighted by molar-refractivity contribution is 5.87. The van der Waals surface area contributed by atoms with Crippen LogP contribution in [0.4, 0.5) is 26.6 Å². The minimum absolute atomic E-state index is 0.0991. The number of carbonyl (C=O) groups is 1. The van der Waals surface area contributed by atoms with Crippen molar-refractivity contribution in [2.45, 2.75) is 52.5 Å².